The minimum absolute atomic E-state index is 0.388. The first kappa shape index (κ1) is 15.3. The molecule has 0 unspecified atom stereocenters. The molecule has 9 heteroatoms. The molecule has 0 amide bonds. The summed E-state index contributed by atoms with van der Waals surface area (Å²) in [5.41, 5.74) is -3.51. The maximum Gasteiger partial charge on any atom is 0.330 e. The third-order valence-electron chi connectivity index (χ3n) is 3.30. The van der Waals surface area contributed by atoms with Crippen molar-refractivity contribution in [3.05, 3.63) is 45.3 Å². The van der Waals surface area contributed by atoms with Crippen LogP contribution in [0.15, 0.2) is 34.0 Å². The van der Waals surface area contributed by atoms with Crippen molar-refractivity contribution in [1.29, 1.82) is 0 Å². The van der Waals surface area contributed by atoms with Crippen LogP contribution in [-0.2, 0) is 9.53 Å². The number of aromatic nitrogens is 2. The number of carbonyl (C=O) groups is 1. The zero-order valence-corrected chi connectivity index (χ0v) is 10.7. The number of aromatic amines is 1. The highest BCUT2D eigenvalue weighted by atomic mass is 16.6. The molecule has 1 aliphatic rings. The molecule has 1 saturated heterocycles. The maximum atomic E-state index is 11.7. The van der Waals surface area contributed by atoms with Crippen LogP contribution < -0.4 is 11.2 Å². The molecule has 21 heavy (non-hydrogen) atoms. The number of ether oxygens (including phenoxy) is 1. The van der Waals surface area contributed by atoms with Crippen LogP contribution in [0.4, 0.5) is 0 Å². The number of aliphatic hydroxyl groups excluding tert-OH is 2. The van der Waals surface area contributed by atoms with E-state index in [9.17, 15) is 29.7 Å². The highest BCUT2D eigenvalue weighted by Gasteiger charge is 2.54. The summed E-state index contributed by atoms with van der Waals surface area (Å²) >= 11 is 0. The molecule has 4 atom stereocenters. The number of H-pyrrole nitrogens is 1. The number of aldehydes is 1. The van der Waals surface area contributed by atoms with Gasteiger partial charge in [-0.05, 0) is 12.2 Å². The van der Waals surface area contributed by atoms with Gasteiger partial charge in [-0.25, -0.2) is 4.79 Å². The number of nitrogens with zero attached hydrogens (tertiary/aromatic N) is 1. The van der Waals surface area contributed by atoms with E-state index in [2.05, 4.69) is 0 Å². The summed E-state index contributed by atoms with van der Waals surface area (Å²) in [6.45, 7) is -0.647. The van der Waals surface area contributed by atoms with E-state index < -0.39 is 41.9 Å². The van der Waals surface area contributed by atoms with E-state index >= 15 is 0 Å². The molecular weight excluding hydrogens is 284 g/mol. The molecule has 0 aliphatic carbocycles. The van der Waals surface area contributed by atoms with E-state index in [4.69, 9.17) is 4.74 Å². The molecule has 0 saturated carbocycles. The summed E-state index contributed by atoms with van der Waals surface area (Å²) in [6, 6.07) is 1.05. The Balaban J connectivity index is 2.44. The smallest absolute Gasteiger partial charge is 0.330 e. The molecule has 114 valence electrons. The van der Waals surface area contributed by atoms with E-state index in [0.29, 0.717) is 6.29 Å². The van der Waals surface area contributed by atoms with Gasteiger partial charge in [-0.15, -0.1) is 0 Å². The first-order valence-corrected chi connectivity index (χ1v) is 6.05. The van der Waals surface area contributed by atoms with Crippen LogP contribution in [0, 0.1) is 0 Å². The predicted octanol–water partition coefficient (Wildman–Crippen LogP) is -2.73. The second-order valence-corrected chi connectivity index (χ2v) is 4.54. The Morgan fingerprint density at radius 2 is 2.19 bits per heavy atom. The first-order valence-electron chi connectivity index (χ1n) is 6.05. The normalized spacial score (nSPS) is 32.6. The van der Waals surface area contributed by atoms with E-state index in [1.165, 1.54) is 0 Å². The number of allylic oxidation sites excluding steroid dienone is 1. The van der Waals surface area contributed by atoms with Crippen molar-refractivity contribution in [1.82, 2.24) is 9.55 Å². The van der Waals surface area contributed by atoms with Gasteiger partial charge in [0.2, 0.25) is 0 Å². The lowest BCUT2D eigenvalue weighted by Gasteiger charge is -2.26. The second kappa shape index (κ2) is 5.74. The lowest BCUT2D eigenvalue weighted by Crippen LogP contribution is -2.48. The molecule has 0 aromatic carbocycles. The maximum absolute atomic E-state index is 11.7. The Kier molecular flexibility index (Phi) is 4.19. The third-order valence-corrected chi connectivity index (χ3v) is 3.30. The Morgan fingerprint density at radius 1 is 1.48 bits per heavy atom. The van der Waals surface area contributed by atoms with Crippen LogP contribution in [-0.4, -0.2) is 55.6 Å². The van der Waals surface area contributed by atoms with Gasteiger partial charge in [0.1, 0.15) is 24.1 Å². The highest BCUT2D eigenvalue weighted by Crippen LogP contribution is 2.37. The van der Waals surface area contributed by atoms with Crippen molar-refractivity contribution in [2.45, 2.75) is 24.0 Å². The van der Waals surface area contributed by atoms with Gasteiger partial charge in [0.05, 0.1) is 6.61 Å². The highest BCUT2D eigenvalue weighted by molar-refractivity contribution is 5.65. The fraction of sp³-hybridized carbons (Fsp3) is 0.417. The molecule has 1 aromatic heterocycles. The first-order chi connectivity index (χ1) is 9.93. The van der Waals surface area contributed by atoms with Gasteiger partial charge in [0.25, 0.3) is 5.56 Å². The number of hydrogen-bond acceptors (Lipinski definition) is 7. The van der Waals surface area contributed by atoms with Gasteiger partial charge in [-0.3, -0.25) is 19.1 Å². The standard InChI is InChI=1S/C12H14N2O7/c15-5-1-3-12(20)7(6-16)21-10(9(12)18)14-4-2-8(17)13-11(14)19/h1-5,7,9-10,16,18,20H,6H2,(H,13,17,19)/t7-,9+,10-,12-/m1/s1. The zero-order chi connectivity index (χ0) is 15.6. The third kappa shape index (κ3) is 2.59. The van der Waals surface area contributed by atoms with Gasteiger partial charge in [-0.2, -0.15) is 0 Å². The molecule has 2 heterocycles. The average Bonchev–Trinajstić information content (AvgIpc) is 2.70. The van der Waals surface area contributed by atoms with Crippen molar-refractivity contribution in [2.24, 2.45) is 0 Å². The minimum atomic E-state index is -2.05. The minimum Gasteiger partial charge on any atom is -0.394 e. The SMILES string of the molecule is O=CC=C[C@@]1(O)[C@@H](CO)O[C@@H](n2ccc(=O)[nH]c2=O)[C@@H]1O. The van der Waals surface area contributed by atoms with Gasteiger partial charge >= 0.3 is 5.69 Å². The lowest BCUT2D eigenvalue weighted by molar-refractivity contribution is -0.104. The molecular formula is C12H14N2O7. The van der Waals surface area contributed by atoms with Crippen LogP contribution >= 0.6 is 0 Å². The number of carbonyl (C=O) groups excluding carboxylic acids is 1. The van der Waals surface area contributed by atoms with Crippen molar-refractivity contribution in [3.63, 3.8) is 0 Å². The van der Waals surface area contributed by atoms with Crippen LogP contribution in [0.3, 0.4) is 0 Å². The van der Waals surface area contributed by atoms with Gasteiger partial charge in [0, 0.05) is 12.3 Å². The molecule has 9 nitrogen and oxygen atoms in total. The van der Waals surface area contributed by atoms with Crippen molar-refractivity contribution in [2.75, 3.05) is 6.61 Å². The van der Waals surface area contributed by atoms with E-state index in [1.807, 2.05) is 4.98 Å². The largest absolute Gasteiger partial charge is 0.394 e. The topological polar surface area (TPSA) is 142 Å². The fourth-order valence-corrected chi connectivity index (χ4v) is 2.20. The average molecular weight is 298 g/mol. The molecule has 2 rings (SSSR count). The van der Waals surface area contributed by atoms with Crippen LogP contribution in [0.5, 0.6) is 0 Å². The van der Waals surface area contributed by atoms with Crippen molar-refractivity contribution >= 4 is 6.29 Å². The Hall–Kier alpha value is -2.07. The Bertz CT molecular complexity index is 664. The van der Waals surface area contributed by atoms with E-state index in [1.54, 1.807) is 0 Å². The second-order valence-electron chi connectivity index (χ2n) is 4.54. The monoisotopic (exact) mass is 298 g/mol. The summed E-state index contributed by atoms with van der Waals surface area (Å²) in [4.78, 5) is 35.1. The lowest BCUT2D eigenvalue weighted by atomic mass is 9.92. The summed E-state index contributed by atoms with van der Waals surface area (Å²) in [7, 11) is 0. The molecule has 1 fully saturated rings. The summed E-state index contributed by atoms with van der Waals surface area (Å²) < 4.78 is 6.14. The van der Waals surface area contributed by atoms with E-state index in [0.717, 1.165) is 29.0 Å². The van der Waals surface area contributed by atoms with Gasteiger partial charge in [-0.1, -0.05) is 0 Å². The van der Waals surface area contributed by atoms with Gasteiger partial charge < -0.3 is 20.1 Å². The summed E-state index contributed by atoms with van der Waals surface area (Å²) in [5, 5.41) is 29.8. The van der Waals surface area contributed by atoms with Crippen LogP contribution in [0.25, 0.3) is 0 Å². The van der Waals surface area contributed by atoms with Gasteiger partial charge in [0.15, 0.2) is 6.23 Å². The number of aliphatic hydroxyl groups is 3. The fourth-order valence-electron chi connectivity index (χ4n) is 2.20. The summed E-state index contributed by atoms with van der Waals surface area (Å²) in [5.74, 6) is 0. The zero-order valence-electron chi connectivity index (χ0n) is 10.7. The molecule has 0 bridgehead atoms. The van der Waals surface area contributed by atoms with Crippen LogP contribution in [0.1, 0.15) is 6.23 Å². The molecule has 0 radical (unpaired) electrons. The Morgan fingerprint density at radius 3 is 2.76 bits per heavy atom. The predicted molar refractivity (Wildman–Crippen MR) is 68.5 cm³/mol. The molecule has 4 N–H and O–H groups in total. The van der Waals surface area contributed by atoms with Crippen LogP contribution in [0.2, 0.25) is 0 Å². The summed E-state index contributed by atoms with van der Waals surface area (Å²) in [6.07, 6.45) is -0.776. The molecule has 1 aromatic rings. The Labute approximate surface area is 117 Å². The molecule has 0 spiro atoms. The number of nitrogens with one attached hydrogen (secondary N) is 1. The van der Waals surface area contributed by atoms with Crippen molar-refractivity contribution < 1.29 is 24.9 Å². The quantitative estimate of drug-likeness (QED) is 0.349. The van der Waals surface area contributed by atoms with E-state index in [-0.39, 0.29) is 0 Å². The number of rotatable bonds is 4. The molecule has 1 aliphatic heterocycles. The number of hydrogen-bond donors (Lipinski definition) is 4. The van der Waals surface area contributed by atoms with Crippen molar-refractivity contribution in [3.8, 4) is 0 Å².